The van der Waals surface area contributed by atoms with Crippen molar-refractivity contribution < 1.29 is 4.74 Å². The van der Waals surface area contributed by atoms with E-state index in [0.29, 0.717) is 0 Å². The van der Waals surface area contributed by atoms with E-state index in [1.54, 1.807) is 7.11 Å². The van der Waals surface area contributed by atoms with Crippen LogP contribution in [0.25, 0.3) is 0 Å². The van der Waals surface area contributed by atoms with Crippen molar-refractivity contribution in [1.29, 1.82) is 0 Å². The molecule has 12 heavy (non-hydrogen) atoms. The van der Waals surface area contributed by atoms with Gasteiger partial charge < -0.3 is 4.74 Å². The van der Waals surface area contributed by atoms with Crippen LogP contribution in [0.1, 0.15) is 27.7 Å². The summed E-state index contributed by atoms with van der Waals surface area (Å²) in [5.41, 5.74) is 0.161. The van der Waals surface area contributed by atoms with E-state index in [1.165, 1.54) is 0 Å². The minimum Gasteiger partial charge on any atom is -0.483 e. The monoisotopic (exact) mass is 170 g/mol. The first kappa shape index (κ1) is 9.52. The molecule has 2 atom stereocenters. The topological polar surface area (TPSA) is 33.6 Å². The van der Waals surface area contributed by atoms with Gasteiger partial charge in [0.15, 0.2) is 0 Å². The van der Waals surface area contributed by atoms with Crippen LogP contribution in [-0.4, -0.2) is 25.2 Å². The second-order valence-electron chi connectivity index (χ2n) is 4.33. The maximum absolute atomic E-state index is 5.14. The van der Waals surface area contributed by atoms with E-state index in [2.05, 4.69) is 38.0 Å². The third-order valence-electron chi connectivity index (χ3n) is 2.06. The Balaban J connectivity index is 2.70. The number of rotatable bonds is 0. The van der Waals surface area contributed by atoms with Gasteiger partial charge in [-0.3, -0.25) is 5.32 Å². The summed E-state index contributed by atoms with van der Waals surface area (Å²) in [6.07, 6.45) is 0.183. The summed E-state index contributed by atoms with van der Waals surface area (Å²) in [5, 5.41) is 3.37. The SMILES string of the molecule is COC1=N[C@H](C(C)(C)C)N[C@H]1C. The molecule has 3 heteroatoms. The van der Waals surface area contributed by atoms with Crippen LogP contribution >= 0.6 is 0 Å². The Kier molecular flexibility index (Phi) is 2.42. The summed E-state index contributed by atoms with van der Waals surface area (Å²) in [6.45, 7) is 8.56. The molecule has 0 aliphatic carbocycles. The zero-order valence-corrected chi connectivity index (χ0v) is 8.51. The van der Waals surface area contributed by atoms with Crippen molar-refractivity contribution in [1.82, 2.24) is 5.32 Å². The molecule has 1 heterocycles. The van der Waals surface area contributed by atoms with Crippen LogP contribution in [0.2, 0.25) is 0 Å². The molecule has 0 saturated heterocycles. The predicted molar refractivity (Wildman–Crippen MR) is 50.3 cm³/mol. The molecule has 0 aromatic heterocycles. The molecule has 1 aliphatic rings. The molecule has 0 spiro atoms. The number of nitrogens with zero attached hydrogens (tertiary/aromatic N) is 1. The maximum Gasteiger partial charge on any atom is 0.202 e. The number of aliphatic imine (C=N–C) groups is 1. The van der Waals surface area contributed by atoms with Gasteiger partial charge in [0.05, 0.1) is 13.2 Å². The smallest absolute Gasteiger partial charge is 0.202 e. The van der Waals surface area contributed by atoms with Crippen LogP contribution in [0.4, 0.5) is 0 Å². The highest BCUT2D eigenvalue weighted by Crippen LogP contribution is 2.24. The van der Waals surface area contributed by atoms with Gasteiger partial charge in [-0.25, -0.2) is 4.99 Å². The Morgan fingerprint density at radius 1 is 1.42 bits per heavy atom. The lowest BCUT2D eigenvalue weighted by Gasteiger charge is -2.24. The van der Waals surface area contributed by atoms with Gasteiger partial charge in [0, 0.05) is 0 Å². The third-order valence-corrected chi connectivity index (χ3v) is 2.06. The van der Waals surface area contributed by atoms with Crippen molar-refractivity contribution in [2.24, 2.45) is 10.4 Å². The number of ether oxygens (including phenoxy) is 1. The molecular weight excluding hydrogens is 152 g/mol. The van der Waals surface area contributed by atoms with E-state index >= 15 is 0 Å². The molecule has 0 fully saturated rings. The van der Waals surface area contributed by atoms with Gasteiger partial charge in [0.25, 0.3) is 0 Å². The molecule has 0 unspecified atom stereocenters. The third kappa shape index (κ3) is 1.78. The van der Waals surface area contributed by atoms with Crippen molar-refractivity contribution in [3.05, 3.63) is 0 Å². The highest BCUT2D eigenvalue weighted by atomic mass is 16.5. The molecule has 1 aliphatic heterocycles. The fraction of sp³-hybridized carbons (Fsp3) is 0.889. The van der Waals surface area contributed by atoms with Crippen LogP contribution in [0.3, 0.4) is 0 Å². The molecule has 3 nitrogen and oxygen atoms in total. The lowest BCUT2D eigenvalue weighted by atomic mass is 9.93. The lowest BCUT2D eigenvalue weighted by Crippen LogP contribution is -2.39. The van der Waals surface area contributed by atoms with Crippen LogP contribution < -0.4 is 5.32 Å². The van der Waals surface area contributed by atoms with E-state index in [0.717, 1.165) is 5.90 Å². The first-order valence-electron chi connectivity index (χ1n) is 4.33. The van der Waals surface area contributed by atoms with Crippen molar-refractivity contribution in [3.8, 4) is 0 Å². The molecule has 1 rings (SSSR count). The fourth-order valence-corrected chi connectivity index (χ4v) is 1.26. The zero-order chi connectivity index (χ0) is 9.35. The van der Waals surface area contributed by atoms with Crippen LogP contribution in [0.15, 0.2) is 4.99 Å². The molecule has 70 valence electrons. The lowest BCUT2D eigenvalue weighted by molar-refractivity contribution is 0.286. The molecule has 0 radical (unpaired) electrons. The van der Waals surface area contributed by atoms with E-state index in [1.807, 2.05) is 0 Å². The van der Waals surface area contributed by atoms with Crippen molar-refractivity contribution in [3.63, 3.8) is 0 Å². The van der Waals surface area contributed by atoms with E-state index in [-0.39, 0.29) is 17.6 Å². The van der Waals surface area contributed by atoms with Crippen molar-refractivity contribution in [2.75, 3.05) is 7.11 Å². The van der Waals surface area contributed by atoms with Crippen LogP contribution in [-0.2, 0) is 4.74 Å². The van der Waals surface area contributed by atoms with Gasteiger partial charge in [-0.2, -0.15) is 0 Å². The number of nitrogens with one attached hydrogen (secondary N) is 1. The highest BCUT2D eigenvalue weighted by Gasteiger charge is 2.32. The predicted octanol–water partition coefficient (Wildman–Crippen LogP) is 1.40. The molecular formula is C9H18N2O. The first-order chi connectivity index (χ1) is 5.45. The molecule has 1 N–H and O–H groups in total. The largest absolute Gasteiger partial charge is 0.483 e. The van der Waals surface area contributed by atoms with Gasteiger partial charge in [-0.15, -0.1) is 0 Å². The van der Waals surface area contributed by atoms with Gasteiger partial charge >= 0.3 is 0 Å². The average molecular weight is 170 g/mol. The quantitative estimate of drug-likeness (QED) is 0.596. The summed E-state index contributed by atoms with van der Waals surface area (Å²) >= 11 is 0. The summed E-state index contributed by atoms with van der Waals surface area (Å²) in [6, 6.07) is 0.249. The second kappa shape index (κ2) is 3.05. The minimum absolute atomic E-state index is 0.161. The molecule has 0 aromatic carbocycles. The van der Waals surface area contributed by atoms with E-state index in [9.17, 15) is 0 Å². The summed E-state index contributed by atoms with van der Waals surface area (Å²) < 4.78 is 5.14. The van der Waals surface area contributed by atoms with Crippen LogP contribution in [0, 0.1) is 5.41 Å². The average Bonchev–Trinajstić information content (AvgIpc) is 2.29. The molecule has 0 saturated carbocycles. The number of methoxy groups -OCH3 is 1. The van der Waals surface area contributed by atoms with Crippen molar-refractivity contribution >= 4 is 5.90 Å². The first-order valence-corrected chi connectivity index (χ1v) is 4.33. The molecule has 0 bridgehead atoms. The second-order valence-corrected chi connectivity index (χ2v) is 4.33. The zero-order valence-electron chi connectivity index (χ0n) is 8.51. The summed E-state index contributed by atoms with van der Waals surface area (Å²) in [7, 11) is 1.67. The van der Waals surface area contributed by atoms with Crippen molar-refractivity contribution in [2.45, 2.75) is 39.9 Å². The van der Waals surface area contributed by atoms with E-state index in [4.69, 9.17) is 4.74 Å². The van der Waals surface area contributed by atoms with Gasteiger partial charge in [-0.1, -0.05) is 20.8 Å². The highest BCUT2D eigenvalue weighted by molar-refractivity contribution is 5.83. The van der Waals surface area contributed by atoms with Gasteiger partial charge in [0.1, 0.15) is 6.17 Å². The minimum atomic E-state index is 0.161. The Bertz CT molecular complexity index is 193. The number of hydrogen-bond donors (Lipinski definition) is 1. The summed E-state index contributed by atoms with van der Waals surface area (Å²) in [5.74, 6) is 0.815. The Morgan fingerprint density at radius 3 is 2.25 bits per heavy atom. The maximum atomic E-state index is 5.14. The fourth-order valence-electron chi connectivity index (χ4n) is 1.26. The molecule has 0 aromatic rings. The normalized spacial score (nSPS) is 30.2. The summed E-state index contributed by atoms with van der Waals surface area (Å²) in [4.78, 5) is 4.44. The number of hydrogen-bond acceptors (Lipinski definition) is 3. The van der Waals surface area contributed by atoms with Gasteiger partial charge in [-0.05, 0) is 12.3 Å². The van der Waals surface area contributed by atoms with E-state index < -0.39 is 0 Å². The standard InChI is InChI=1S/C9H18N2O/c1-6-7(12-5)11-8(10-6)9(2,3)4/h6,8,10H,1-5H3/t6-,8+/m0/s1. The van der Waals surface area contributed by atoms with Gasteiger partial charge in [0.2, 0.25) is 5.90 Å². The Labute approximate surface area is 74.2 Å². The Morgan fingerprint density at radius 2 is 2.00 bits per heavy atom. The molecule has 0 amide bonds. The Hall–Kier alpha value is -0.570. The van der Waals surface area contributed by atoms with Crippen LogP contribution in [0.5, 0.6) is 0 Å².